The molecule has 34 heavy (non-hydrogen) atoms. The Bertz CT molecular complexity index is 1210. The summed E-state index contributed by atoms with van der Waals surface area (Å²) >= 11 is 1.47. The fourth-order valence-corrected chi connectivity index (χ4v) is 4.53. The summed E-state index contributed by atoms with van der Waals surface area (Å²) in [6.45, 7) is 6.24. The molecule has 4 aromatic rings. The van der Waals surface area contributed by atoms with Crippen LogP contribution in [0.5, 0.6) is 0 Å². The SMILES string of the molecule is CCN(CC)c1ccc(CN(C(=O)c2csc(Cc3ccccc3)n2)c2ccc(F)cc2)cn1. The van der Waals surface area contributed by atoms with Gasteiger partial charge >= 0.3 is 0 Å². The van der Waals surface area contributed by atoms with E-state index in [0.717, 1.165) is 35.0 Å². The van der Waals surface area contributed by atoms with Crippen molar-refractivity contribution in [1.82, 2.24) is 9.97 Å². The highest BCUT2D eigenvalue weighted by Crippen LogP contribution is 2.23. The van der Waals surface area contributed by atoms with E-state index in [9.17, 15) is 9.18 Å². The Morgan fingerprint density at radius 1 is 0.941 bits per heavy atom. The zero-order valence-corrected chi connectivity index (χ0v) is 20.1. The number of nitrogens with zero attached hydrogens (tertiary/aromatic N) is 4. The molecule has 0 radical (unpaired) electrons. The Balaban J connectivity index is 1.58. The molecule has 0 aliphatic heterocycles. The summed E-state index contributed by atoms with van der Waals surface area (Å²) in [5.74, 6) is 0.327. The molecule has 0 saturated heterocycles. The van der Waals surface area contributed by atoms with Crippen LogP contribution in [0.4, 0.5) is 15.9 Å². The molecule has 0 aliphatic carbocycles. The van der Waals surface area contributed by atoms with E-state index in [1.807, 2.05) is 42.5 Å². The highest BCUT2D eigenvalue weighted by molar-refractivity contribution is 7.09. The molecule has 2 heterocycles. The molecular formula is C27H27FN4OS. The molecule has 5 nitrogen and oxygen atoms in total. The number of pyridine rings is 1. The number of aromatic nitrogens is 2. The van der Waals surface area contributed by atoms with Crippen molar-refractivity contribution >= 4 is 28.7 Å². The van der Waals surface area contributed by atoms with E-state index in [1.54, 1.807) is 28.6 Å². The van der Waals surface area contributed by atoms with E-state index in [0.29, 0.717) is 24.3 Å². The molecule has 0 unspecified atom stereocenters. The van der Waals surface area contributed by atoms with Crippen LogP contribution in [0.25, 0.3) is 0 Å². The predicted molar refractivity (Wildman–Crippen MR) is 136 cm³/mol. The Hall–Kier alpha value is -3.58. The van der Waals surface area contributed by atoms with Gasteiger partial charge in [0.05, 0.1) is 11.6 Å². The zero-order valence-electron chi connectivity index (χ0n) is 19.3. The number of benzene rings is 2. The van der Waals surface area contributed by atoms with E-state index in [4.69, 9.17) is 0 Å². The lowest BCUT2D eigenvalue weighted by molar-refractivity contribution is 0.0981. The summed E-state index contributed by atoms with van der Waals surface area (Å²) < 4.78 is 13.6. The Morgan fingerprint density at radius 3 is 2.32 bits per heavy atom. The van der Waals surface area contributed by atoms with Gasteiger partial charge in [-0.1, -0.05) is 36.4 Å². The van der Waals surface area contributed by atoms with Crippen molar-refractivity contribution in [3.63, 3.8) is 0 Å². The number of carbonyl (C=O) groups excluding carboxylic acids is 1. The number of carbonyl (C=O) groups is 1. The molecule has 0 atom stereocenters. The maximum Gasteiger partial charge on any atom is 0.278 e. The van der Waals surface area contributed by atoms with Crippen LogP contribution in [0.3, 0.4) is 0 Å². The zero-order chi connectivity index (χ0) is 23.9. The fraction of sp³-hybridized carbons (Fsp3) is 0.222. The van der Waals surface area contributed by atoms with Crippen molar-refractivity contribution in [3.8, 4) is 0 Å². The fourth-order valence-electron chi connectivity index (χ4n) is 3.73. The minimum Gasteiger partial charge on any atom is -0.357 e. The highest BCUT2D eigenvalue weighted by atomic mass is 32.1. The molecule has 7 heteroatoms. The summed E-state index contributed by atoms with van der Waals surface area (Å²) in [4.78, 5) is 26.5. The van der Waals surface area contributed by atoms with E-state index in [1.165, 1.54) is 23.5 Å². The summed E-state index contributed by atoms with van der Waals surface area (Å²) in [5, 5.41) is 2.66. The molecular weight excluding hydrogens is 447 g/mol. The maximum atomic E-state index is 13.6. The second kappa shape index (κ2) is 11.0. The van der Waals surface area contributed by atoms with Crippen molar-refractivity contribution in [3.05, 3.63) is 106 Å². The van der Waals surface area contributed by atoms with Crippen LogP contribution in [0.15, 0.2) is 78.3 Å². The average molecular weight is 475 g/mol. The van der Waals surface area contributed by atoms with Crippen LogP contribution in [-0.4, -0.2) is 29.0 Å². The van der Waals surface area contributed by atoms with Gasteiger partial charge < -0.3 is 9.80 Å². The molecule has 0 spiro atoms. The first-order chi connectivity index (χ1) is 16.6. The van der Waals surface area contributed by atoms with Crippen molar-refractivity contribution in [2.75, 3.05) is 22.9 Å². The van der Waals surface area contributed by atoms with Gasteiger partial charge in [-0.15, -0.1) is 11.3 Å². The number of thiazole rings is 1. The minimum absolute atomic E-state index is 0.227. The molecule has 1 amide bonds. The first kappa shape index (κ1) is 23.6. The van der Waals surface area contributed by atoms with Crippen LogP contribution in [0.1, 0.15) is 40.5 Å². The van der Waals surface area contributed by atoms with Crippen LogP contribution in [0.2, 0.25) is 0 Å². The van der Waals surface area contributed by atoms with Crippen LogP contribution in [0, 0.1) is 5.82 Å². The maximum absolute atomic E-state index is 13.6. The van der Waals surface area contributed by atoms with Gasteiger partial charge in [0.15, 0.2) is 0 Å². The highest BCUT2D eigenvalue weighted by Gasteiger charge is 2.21. The predicted octanol–water partition coefficient (Wildman–Crippen LogP) is 5.96. The second-order valence-corrected chi connectivity index (χ2v) is 8.80. The van der Waals surface area contributed by atoms with Gasteiger partial charge in [-0.2, -0.15) is 0 Å². The van der Waals surface area contributed by atoms with Gasteiger partial charge in [0, 0.05) is 36.8 Å². The molecule has 0 saturated carbocycles. The summed E-state index contributed by atoms with van der Waals surface area (Å²) in [6, 6.07) is 19.9. The molecule has 174 valence electrons. The van der Waals surface area contributed by atoms with Crippen molar-refractivity contribution in [2.45, 2.75) is 26.8 Å². The number of anilines is 2. The molecule has 4 rings (SSSR count). The topological polar surface area (TPSA) is 49.3 Å². The Labute approximate surface area is 203 Å². The van der Waals surface area contributed by atoms with Crippen molar-refractivity contribution in [1.29, 1.82) is 0 Å². The molecule has 0 bridgehead atoms. The van der Waals surface area contributed by atoms with Gasteiger partial charge in [0.2, 0.25) is 0 Å². The summed E-state index contributed by atoms with van der Waals surface area (Å²) in [6.07, 6.45) is 2.46. The van der Waals surface area contributed by atoms with Gasteiger partial charge in [-0.05, 0) is 55.3 Å². The third-order valence-electron chi connectivity index (χ3n) is 5.59. The number of halogens is 1. The molecule has 0 aliphatic rings. The lowest BCUT2D eigenvalue weighted by atomic mass is 10.2. The van der Waals surface area contributed by atoms with Gasteiger partial charge in [0.1, 0.15) is 17.3 Å². The largest absolute Gasteiger partial charge is 0.357 e. The van der Waals surface area contributed by atoms with Crippen LogP contribution < -0.4 is 9.80 Å². The van der Waals surface area contributed by atoms with E-state index in [-0.39, 0.29) is 11.7 Å². The van der Waals surface area contributed by atoms with Gasteiger partial charge in [-0.3, -0.25) is 4.79 Å². The third-order valence-corrected chi connectivity index (χ3v) is 6.44. The van der Waals surface area contributed by atoms with Crippen molar-refractivity contribution in [2.24, 2.45) is 0 Å². The minimum atomic E-state index is -0.347. The lowest BCUT2D eigenvalue weighted by Crippen LogP contribution is -2.31. The summed E-state index contributed by atoms with van der Waals surface area (Å²) in [7, 11) is 0. The number of hydrogen-bond acceptors (Lipinski definition) is 5. The number of hydrogen-bond donors (Lipinski definition) is 0. The Morgan fingerprint density at radius 2 is 1.68 bits per heavy atom. The summed E-state index contributed by atoms with van der Waals surface area (Å²) in [5.41, 5.74) is 3.02. The van der Waals surface area contributed by atoms with Gasteiger partial charge in [0.25, 0.3) is 5.91 Å². The normalized spacial score (nSPS) is 10.8. The van der Waals surface area contributed by atoms with Gasteiger partial charge in [-0.25, -0.2) is 14.4 Å². The number of rotatable bonds is 9. The van der Waals surface area contributed by atoms with Crippen LogP contribution in [-0.2, 0) is 13.0 Å². The van der Waals surface area contributed by atoms with Crippen LogP contribution >= 0.6 is 11.3 Å². The standard InChI is InChI=1S/C27H27FN4OS/c1-3-31(4-2)25-15-10-21(17-29-25)18-32(23-13-11-22(28)12-14-23)27(33)24-19-34-26(30-24)16-20-8-6-5-7-9-20/h5-15,17,19H,3-4,16,18H2,1-2H3. The lowest BCUT2D eigenvalue weighted by Gasteiger charge is -2.23. The van der Waals surface area contributed by atoms with E-state index in [2.05, 4.69) is 28.7 Å². The average Bonchev–Trinajstić information content (AvgIpc) is 3.33. The number of amides is 1. The monoisotopic (exact) mass is 474 g/mol. The first-order valence-corrected chi connectivity index (χ1v) is 12.2. The molecule has 2 aromatic heterocycles. The first-order valence-electron chi connectivity index (χ1n) is 11.3. The van der Waals surface area contributed by atoms with E-state index >= 15 is 0 Å². The molecule has 0 fully saturated rings. The third kappa shape index (κ3) is 5.66. The quantitative estimate of drug-likeness (QED) is 0.300. The second-order valence-electron chi connectivity index (χ2n) is 7.85. The van der Waals surface area contributed by atoms with Crippen molar-refractivity contribution < 1.29 is 9.18 Å². The molecule has 0 N–H and O–H groups in total. The Kier molecular flexibility index (Phi) is 7.65. The smallest absolute Gasteiger partial charge is 0.278 e. The van der Waals surface area contributed by atoms with E-state index < -0.39 is 0 Å². The molecule has 2 aromatic carbocycles.